The van der Waals surface area contributed by atoms with Gasteiger partial charge < -0.3 is 14.8 Å². The molecule has 0 saturated heterocycles. The summed E-state index contributed by atoms with van der Waals surface area (Å²) in [7, 11) is 0. The van der Waals surface area contributed by atoms with E-state index in [1.54, 1.807) is 29.2 Å². The molecular formula is C22H25N5O2. The third-order valence-corrected chi connectivity index (χ3v) is 5.84. The van der Waals surface area contributed by atoms with Gasteiger partial charge in [-0.05, 0) is 38.0 Å². The van der Waals surface area contributed by atoms with E-state index in [9.17, 15) is 9.59 Å². The Balaban J connectivity index is 1.46. The number of nitrogens with zero attached hydrogens (tertiary/aromatic N) is 4. The van der Waals surface area contributed by atoms with Crippen LogP contribution in [0.2, 0.25) is 0 Å². The minimum absolute atomic E-state index is 0.0150. The second-order valence-electron chi connectivity index (χ2n) is 7.88. The van der Waals surface area contributed by atoms with Gasteiger partial charge in [-0.25, -0.2) is 4.98 Å². The summed E-state index contributed by atoms with van der Waals surface area (Å²) in [5, 5.41) is 12.2. The largest absolute Gasteiger partial charge is 0.353 e. The number of nitrogens with one attached hydrogen (secondary N) is 1. The topological polar surface area (TPSA) is 91.0 Å². The summed E-state index contributed by atoms with van der Waals surface area (Å²) in [6.45, 7) is 3.15. The predicted octanol–water partition coefficient (Wildman–Crippen LogP) is 2.57. The molecule has 1 aromatic carbocycles. The number of benzene rings is 1. The minimum atomic E-state index is -0.200. The first-order valence-corrected chi connectivity index (χ1v) is 10.2. The van der Waals surface area contributed by atoms with Crippen molar-refractivity contribution >= 4 is 11.8 Å². The van der Waals surface area contributed by atoms with Crippen LogP contribution < -0.4 is 5.32 Å². The molecule has 1 fully saturated rings. The maximum atomic E-state index is 13.0. The molecule has 1 atom stereocenters. The van der Waals surface area contributed by atoms with Crippen LogP contribution in [0.5, 0.6) is 0 Å². The Morgan fingerprint density at radius 2 is 2.07 bits per heavy atom. The summed E-state index contributed by atoms with van der Waals surface area (Å²) in [6, 6.07) is 8.94. The van der Waals surface area contributed by atoms with E-state index in [-0.39, 0.29) is 24.3 Å². The highest BCUT2D eigenvalue weighted by Crippen LogP contribution is 2.27. The molecule has 0 radical (unpaired) electrons. The van der Waals surface area contributed by atoms with Gasteiger partial charge >= 0.3 is 0 Å². The van der Waals surface area contributed by atoms with Crippen molar-refractivity contribution in [2.45, 2.75) is 57.7 Å². The number of carbonyl (C=O) groups is 2. The first-order valence-electron chi connectivity index (χ1n) is 10.2. The highest BCUT2D eigenvalue weighted by Gasteiger charge is 2.30. The molecule has 1 aliphatic heterocycles. The molecule has 1 aliphatic carbocycles. The van der Waals surface area contributed by atoms with Crippen LogP contribution in [-0.2, 0) is 17.8 Å². The minimum Gasteiger partial charge on any atom is -0.353 e. The van der Waals surface area contributed by atoms with E-state index in [0.717, 1.165) is 24.4 Å². The van der Waals surface area contributed by atoms with E-state index in [2.05, 4.69) is 16.4 Å². The van der Waals surface area contributed by atoms with Crippen LogP contribution in [0.1, 0.15) is 66.1 Å². The zero-order chi connectivity index (χ0) is 20.4. The van der Waals surface area contributed by atoms with Gasteiger partial charge in [0, 0.05) is 30.9 Å². The molecule has 7 heteroatoms. The molecule has 1 aromatic heterocycles. The number of carbonyl (C=O) groups excluding carboxylic acids is 2. The molecule has 1 saturated carbocycles. The van der Waals surface area contributed by atoms with Crippen LogP contribution in [0.3, 0.4) is 0 Å². The fourth-order valence-electron chi connectivity index (χ4n) is 4.31. The molecule has 1 N–H and O–H groups in total. The van der Waals surface area contributed by atoms with Gasteiger partial charge in [-0.15, -0.1) is 0 Å². The lowest BCUT2D eigenvalue weighted by Gasteiger charge is -2.33. The van der Waals surface area contributed by atoms with Crippen LogP contribution in [0.15, 0.2) is 30.5 Å². The maximum absolute atomic E-state index is 13.0. The number of hydrogen-bond acceptors (Lipinski definition) is 4. The Morgan fingerprint density at radius 3 is 2.83 bits per heavy atom. The third-order valence-electron chi connectivity index (χ3n) is 5.84. The summed E-state index contributed by atoms with van der Waals surface area (Å²) in [5.74, 6) is 0.704. The van der Waals surface area contributed by atoms with Crippen LogP contribution in [0.25, 0.3) is 0 Å². The molecule has 2 aromatic rings. The van der Waals surface area contributed by atoms with Gasteiger partial charge in [-0.2, -0.15) is 5.26 Å². The quantitative estimate of drug-likeness (QED) is 0.867. The number of amides is 2. The van der Waals surface area contributed by atoms with Crippen molar-refractivity contribution in [1.82, 2.24) is 19.8 Å². The van der Waals surface area contributed by atoms with Crippen LogP contribution >= 0.6 is 0 Å². The van der Waals surface area contributed by atoms with E-state index in [1.165, 1.54) is 12.8 Å². The molecule has 2 amide bonds. The average molecular weight is 391 g/mol. The van der Waals surface area contributed by atoms with E-state index >= 15 is 0 Å². The molecule has 1 unspecified atom stereocenters. The summed E-state index contributed by atoms with van der Waals surface area (Å²) >= 11 is 0. The van der Waals surface area contributed by atoms with Crippen molar-refractivity contribution in [1.29, 1.82) is 5.26 Å². The zero-order valence-corrected chi connectivity index (χ0v) is 16.6. The highest BCUT2D eigenvalue weighted by molar-refractivity contribution is 5.94. The first-order chi connectivity index (χ1) is 14.0. The van der Waals surface area contributed by atoms with Crippen molar-refractivity contribution in [2.75, 3.05) is 6.54 Å². The van der Waals surface area contributed by atoms with Crippen LogP contribution in [0, 0.1) is 11.3 Å². The second kappa shape index (κ2) is 8.08. The number of nitriles is 1. The third kappa shape index (κ3) is 4.02. The van der Waals surface area contributed by atoms with Gasteiger partial charge in [0.2, 0.25) is 5.91 Å². The summed E-state index contributed by atoms with van der Waals surface area (Å²) in [5.41, 5.74) is 1.72. The SMILES string of the molecule is CC1c2nc(CC(=O)NC3CCCC3)cn2CCN1C(=O)c1cccc(C#N)c1. The lowest BCUT2D eigenvalue weighted by Crippen LogP contribution is -2.41. The van der Waals surface area contributed by atoms with Crippen LogP contribution in [0.4, 0.5) is 0 Å². The smallest absolute Gasteiger partial charge is 0.254 e. The van der Waals surface area contributed by atoms with Gasteiger partial charge in [0.1, 0.15) is 5.82 Å². The molecule has 150 valence electrons. The molecule has 0 bridgehead atoms. The zero-order valence-electron chi connectivity index (χ0n) is 16.6. The van der Waals surface area contributed by atoms with Crippen molar-refractivity contribution in [3.05, 3.63) is 53.1 Å². The van der Waals surface area contributed by atoms with E-state index in [4.69, 9.17) is 5.26 Å². The molecule has 4 rings (SSSR count). The second-order valence-corrected chi connectivity index (χ2v) is 7.88. The van der Waals surface area contributed by atoms with Crippen molar-refractivity contribution in [3.8, 4) is 6.07 Å². The molecule has 2 heterocycles. The normalized spacial score (nSPS) is 18.9. The van der Waals surface area contributed by atoms with Gasteiger partial charge in [0.15, 0.2) is 0 Å². The number of rotatable bonds is 4. The first kappa shape index (κ1) is 19.2. The van der Waals surface area contributed by atoms with Crippen molar-refractivity contribution < 1.29 is 9.59 Å². The fourth-order valence-corrected chi connectivity index (χ4v) is 4.31. The summed E-state index contributed by atoms with van der Waals surface area (Å²) < 4.78 is 2.04. The van der Waals surface area contributed by atoms with Crippen molar-refractivity contribution in [2.24, 2.45) is 0 Å². The summed E-state index contributed by atoms with van der Waals surface area (Å²) in [6.07, 6.45) is 6.68. The number of fused-ring (bicyclic) bond motifs is 1. The van der Waals surface area contributed by atoms with E-state index in [0.29, 0.717) is 30.3 Å². The lowest BCUT2D eigenvalue weighted by atomic mass is 10.1. The highest BCUT2D eigenvalue weighted by atomic mass is 16.2. The fraction of sp³-hybridized carbons (Fsp3) is 0.455. The van der Waals surface area contributed by atoms with Gasteiger partial charge in [-0.3, -0.25) is 9.59 Å². The molecule has 29 heavy (non-hydrogen) atoms. The van der Waals surface area contributed by atoms with Crippen LogP contribution in [-0.4, -0.2) is 38.9 Å². The Morgan fingerprint density at radius 1 is 1.28 bits per heavy atom. The number of imidazole rings is 1. The number of aromatic nitrogens is 2. The Kier molecular flexibility index (Phi) is 5.34. The maximum Gasteiger partial charge on any atom is 0.254 e. The van der Waals surface area contributed by atoms with Gasteiger partial charge in [0.05, 0.1) is 29.8 Å². The molecule has 7 nitrogen and oxygen atoms in total. The van der Waals surface area contributed by atoms with Gasteiger partial charge in [0.25, 0.3) is 5.91 Å². The summed E-state index contributed by atoms with van der Waals surface area (Å²) in [4.78, 5) is 31.8. The monoisotopic (exact) mass is 391 g/mol. The molecule has 2 aliphatic rings. The lowest BCUT2D eigenvalue weighted by molar-refractivity contribution is -0.121. The predicted molar refractivity (Wildman–Crippen MR) is 107 cm³/mol. The number of hydrogen-bond donors (Lipinski definition) is 1. The standard InChI is InChI=1S/C22H25N5O2/c1-15-21-25-19(12-20(28)24-18-7-2-3-8-18)14-26(21)9-10-27(15)22(29)17-6-4-5-16(11-17)13-23/h4-6,11,14-15,18H,2-3,7-10,12H2,1H3,(H,24,28). The molecule has 0 spiro atoms. The van der Waals surface area contributed by atoms with Gasteiger partial charge in [-0.1, -0.05) is 18.9 Å². The Bertz CT molecular complexity index is 968. The molecular weight excluding hydrogens is 366 g/mol. The van der Waals surface area contributed by atoms with E-state index in [1.807, 2.05) is 17.7 Å². The average Bonchev–Trinajstić information content (AvgIpc) is 3.37. The van der Waals surface area contributed by atoms with Crippen molar-refractivity contribution in [3.63, 3.8) is 0 Å². The van der Waals surface area contributed by atoms with E-state index < -0.39 is 0 Å². The Hall–Kier alpha value is -3.14. The Labute approximate surface area is 170 Å².